The van der Waals surface area contributed by atoms with Crippen molar-refractivity contribution in [3.8, 4) is 11.5 Å². The Morgan fingerprint density at radius 3 is 3.00 bits per heavy atom. The van der Waals surface area contributed by atoms with Gasteiger partial charge in [0, 0.05) is 24.8 Å². The molecule has 0 saturated heterocycles. The second kappa shape index (κ2) is 7.34. The first-order chi connectivity index (χ1) is 13.1. The fraction of sp³-hybridized carbons (Fsp3) is 0.350. The molecule has 1 aliphatic carbocycles. The number of carbonyl (C=O) groups is 1. The molecule has 7 heteroatoms. The summed E-state index contributed by atoms with van der Waals surface area (Å²) in [5.41, 5.74) is 1.96. The first-order valence-electron chi connectivity index (χ1n) is 9.07. The summed E-state index contributed by atoms with van der Waals surface area (Å²) in [6.07, 6.45) is 2.05. The Hall–Kier alpha value is -2.96. The van der Waals surface area contributed by atoms with Gasteiger partial charge in [-0.15, -0.1) is 0 Å². The van der Waals surface area contributed by atoms with Gasteiger partial charge < -0.3 is 25.0 Å². The number of amides is 2. The lowest BCUT2D eigenvalue weighted by Gasteiger charge is -2.28. The van der Waals surface area contributed by atoms with Crippen LogP contribution in [0.1, 0.15) is 18.4 Å². The van der Waals surface area contributed by atoms with E-state index in [2.05, 4.69) is 15.5 Å². The SMILES string of the molecule is CN1CCOc2ccc(NC(=O)NCc3cccc(OC4CC4)c3F)cc21. The predicted molar refractivity (Wildman–Crippen MR) is 101 cm³/mol. The summed E-state index contributed by atoms with van der Waals surface area (Å²) in [6.45, 7) is 1.51. The van der Waals surface area contributed by atoms with Crippen molar-refractivity contribution in [3.05, 3.63) is 47.8 Å². The second-order valence-electron chi connectivity index (χ2n) is 6.81. The number of hydrogen-bond donors (Lipinski definition) is 2. The lowest BCUT2D eigenvalue weighted by atomic mass is 10.2. The molecule has 6 nitrogen and oxygen atoms in total. The zero-order chi connectivity index (χ0) is 18.8. The van der Waals surface area contributed by atoms with Gasteiger partial charge in [0.2, 0.25) is 0 Å². The zero-order valence-electron chi connectivity index (χ0n) is 15.1. The normalized spacial score (nSPS) is 15.6. The second-order valence-corrected chi connectivity index (χ2v) is 6.81. The van der Waals surface area contributed by atoms with E-state index in [0.717, 1.165) is 30.8 Å². The smallest absolute Gasteiger partial charge is 0.319 e. The van der Waals surface area contributed by atoms with Crippen molar-refractivity contribution in [2.24, 2.45) is 0 Å². The minimum atomic E-state index is -0.419. The Kier molecular flexibility index (Phi) is 4.75. The number of likely N-dealkylation sites (N-methyl/N-ethyl adjacent to an activating group) is 1. The molecule has 2 N–H and O–H groups in total. The number of benzene rings is 2. The molecule has 2 amide bonds. The van der Waals surface area contributed by atoms with Crippen molar-refractivity contribution in [2.45, 2.75) is 25.5 Å². The van der Waals surface area contributed by atoms with Gasteiger partial charge in [-0.05, 0) is 37.1 Å². The minimum absolute atomic E-state index is 0.0769. The first-order valence-corrected chi connectivity index (χ1v) is 9.07. The van der Waals surface area contributed by atoms with E-state index in [-0.39, 0.29) is 18.4 Å². The number of ether oxygens (including phenoxy) is 2. The molecule has 0 unspecified atom stereocenters. The van der Waals surface area contributed by atoms with Gasteiger partial charge in [0.15, 0.2) is 11.6 Å². The number of nitrogens with zero attached hydrogens (tertiary/aromatic N) is 1. The van der Waals surface area contributed by atoms with E-state index in [1.807, 2.05) is 19.2 Å². The molecule has 0 spiro atoms. The number of hydrogen-bond acceptors (Lipinski definition) is 4. The highest BCUT2D eigenvalue weighted by Gasteiger charge is 2.25. The van der Waals surface area contributed by atoms with Crippen LogP contribution in [0.2, 0.25) is 0 Å². The van der Waals surface area contributed by atoms with Crippen molar-refractivity contribution in [2.75, 3.05) is 30.4 Å². The van der Waals surface area contributed by atoms with E-state index in [0.29, 0.717) is 17.9 Å². The lowest BCUT2D eigenvalue weighted by Crippen LogP contribution is -2.30. The van der Waals surface area contributed by atoms with E-state index < -0.39 is 11.8 Å². The Bertz CT molecular complexity index is 854. The van der Waals surface area contributed by atoms with Gasteiger partial charge in [-0.2, -0.15) is 0 Å². The molecule has 0 radical (unpaired) electrons. The van der Waals surface area contributed by atoms with Gasteiger partial charge in [0.05, 0.1) is 18.3 Å². The number of fused-ring (bicyclic) bond motifs is 1. The van der Waals surface area contributed by atoms with Crippen LogP contribution in [0.25, 0.3) is 0 Å². The predicted octanol–water partition coefficient (Wildman–Crippen LogP) is 3.52. The van der Waals surface area contributed by atoms with Gasteiger partial charge in [-0.25, -0.2) is 9.18 Å². The third-order valence-electron chi connectivity index (χ3n) is 4.61. The lowest BCUT2D eigenvalue weighted by molar-refractivity contribution is 0.251. The van der Waals surface area contributed by atoms with Crippen LogP contribution < -0.4 is 25.0 Å². The molecular weight excluding hydrogens is 349 g/mol. The highest BCUT2D eigenvalue weighted by molar-refractivity contribution is 5.90. The molecule has 2 aromatic carbocycles. The fourth-order valence-corrected chi connectivity index (χ4v) is 2.93. The maximum absolute atomic E-state index is 14.5. The number of halogens is 1. The van der Waals surface area contributed by atoms with Crippen molar-refractivity contribution < 1.29 is 18.7 Å². The molecule has 2 aromatic rings. The van der Waals surface area contributed by atoms with Crippen LogP contribution in [0, 0.1) is 5.82 Å². The van der Waals surface area contributed by atoms with E-state index >= 15 is 0 Å². The van der Waals surface area contributed by atoms with Crippen LogP contribution in [-0.4, -0.2) is 32.3 Å². The highest BCUT2D eigenvalue weighted by atomic mass is 19.1. The average molecular weight is 371 g/mol. The Labute approximate surface area is 157 Å². The molecule has 0 atom stereocenters. The van der Waals surface area contributed by atoms with Crippen LogP contribution in [0.5, 0.6) is 11.5 Å². The molecule has 27 heavy (non-hydrogen) atoms. The maximum atomic E-state index is 14.5. The zero-order valence-corrected chi connectivity index (χ0v) is 15.1. The summed E-state index contributed by atoms with van der Waals surface area (Å²) in [6, 6.07) is 10.1. The quantitative estimate of drug-likeness (QED) is 0.844. The molecular formula is C20H22FN3O3. The van der Waals surface area contributed by atoms with E-state index in [1.54, 1.807) is 24.3 Å². The van der Waals surface area contributed by atoms with Crippen molar-refractivity contribution >= 4 is 17.4 Å². The summed E-state index contributed by atoms with van der Waals surface area (Å²) in [7, 11) is 1.98. The van der Waals surface area contributed by atoms with Crippen LogP contribution >= 0.6 is 0 Å². The summed E-state index contributed by atoms with van der Waals surface area (Å²) >= 11 is 0. The molecule has 0 aromatic heterocycles. The average Bonchev–Trinajstić information content (AvgIpc) is 3.47. The Morgan fingerprint density at radius 1 is 1.33 bits per heavy atom. The molecule has 142 valence electrons. The maximum Gasteiger partial charge on any atom is 0.319 e. The van der Waals surface area contributed by atoms with Crippen molar-refractivity contribution in [1.82, 2.24) is 5.32 Å². The third kappa shape index (κ3) is 4.07. The van der Waals surface area contributed by atoms with E-state index in [9.17, 15) is 9.18 Å². The van der Waals surface area contributed by atoms with Gasteiger partial charge >= 0.3 is 6.03 Å². The third-order valence-corrected chi connectivity index (χ3v) is 4.61. The standard InChI is InChI=1S/C20H22FN3O3/c1-24-9-10-26-17-8-5-14(11-16(17)24)23-20(25)22-12-13-3-2-4-18(19(13)21)27-15-6-7-15/h2-5,8,11,15H,6-7,9-10,12H2,1H3,(H2,22,23,25). The van der Waals surface area contributed by atoms with Gasteiger partial charge in [-0.1, -0.05) is 12.1 Å². The monoisotopic (exact) mass is 371 g/mol. The van der Waals surface area contributed by atoms with Crippen molar-refractivity contribution in [1.29, 1.82) is 0 Å². The first kappa shape index (κ1) is 17.5. The van der Waals surface area contributed by atoms with Crippen LogP contribution in [0.3, 0.4) is 0 Å². The van der Waals surface area contributed by atoms with Crippen LogP contribution in [0.4, 0.5) is 20.6 Å². The van der Waals surface area contributed by atoms with Gasteiger partial charge in [0.25, 0.3) is 0 Å². The summed E-state index contributed by atoms with van der Waals surface area (Å²) < 4.78 is 25.6. The van der Waals surface area contributed by atoms with Gasteiger partial charge in [-0.3, -0.25) is 0 Å². The number of rotatable bonds is 5. The molecule has 0 bridgehead atoms. The number of urea groups is 1. The summed E-state index contributed by atoms with van der Waals surface area (Å²) in [5, 5.41) is 5.46. The fourth-order valence-electron chi connectivity index (χ4n) is 2.93. The van der Waals surface area contributed by atoms with E-state index in [1.165, 1.54) is 0 Å². The molecule has 1 saturated carbocycles. The Balaban J connectivity index is 1.37. The minimum Gasteiger partial charge on any atom is -0.490 e. The van der Waals surface area contributed by atoms with E-state index in [4.69, 9.17) is 9.47 Å². The number of carbonyl (C=O) groups excluding carboxylic acids is 1. The van der Waals surface area contributed by atoms with Crippen LogP contribution in [0.15, 0.2) is 36.4 Å². The molecule has 4 rings (SSSR count). The van der Waals surface area contributed by atoms with Gasteiger partial charge in [0.1, 0.15) is 12.4 Å². The molecule has 1 fully saturated rings. The molecule has 1 aliphatic heterocycles. The number of nitrogens with one attached hydrogen (secondary N) is 2. The molecule has 2 aliphatic rings. The Morgan fingerprint density at radius 2 is 2.19 bits per heavy atom. The summed E-state index contributed by atoms with van der Waals surface area (Å²) in [5.74, 6) is 0.622. The molecule has 1 heterocycles. The van der Waals surface area contributed by atoms with Crippen LogP contribution in [-0.2, 0) is 6.54 Å². The number of anilines is 2. The summed E-state index contributed by atoms with van der Waals surface area (Å²) in [4.78, 5) is 14.3. The topological polar surface area (TPSA) is 62.8 Å². The highest BCUT2D eigenvalue weighted by Crippen LogP contribution is 2.33. The largest absolute Gasteiger partial charge is 0.490 e. The van der Waals surface area contributed by atoms with Crippen molar-refractivity contribution in [3.63, 3.8) is 0 Å².